The summed E-state index contributed by atoms with van der Waals surface area (Å²) in [4.78, 5) is 36.1. The van der Waals surface area contributed by atoms with Crippen molar-refractivity contribution >= 4 is 23.9 Å². The fraction of sp³-hybridized carbons (Fsp3) is 0. The van der Waals surface area contributed by atoms with Gasteiger partial charge in [0.05, 0.1) is 11.9 Å². The van der Waals surface area contributed by atoms with E-state index in [1.54, 1.807) is 0 Å². The number of rotatable bonds is 0. The summed E-state index contributed by atoms with van der Waals surface area (Å²) in [6, 6.07) is 0. The zero-order chi connectivity index (χ0) is 10.3. The van der Waals surface area contributed by atoms with E-state index in [4.69, 9.17) is 39.6 Å². The van der Waals surface area contributed by atoms with Crippen LogP contribution in [0.2, 0.25) is 0 Å². The summed E-state index contributed by atoms with van der Waals surface area (Å²) in [5.41, 5.74) is 0. The Hall–Kier alpha value is 1.59. The molecule has 0 spiro atoms. The van der Waals surface area contributed by atoms with E-state index in [9.17, 15) is 0 Å². The molecule has 13 heteroatoms. The predicted octanol–water partition coefficient (Wildman–Crippen LogP) is -12.0. The Kier molecular flexibility index (Phi) is 66.0. The first-order valence-corrected chi connectivity index (χ1v) is 2.17. The average molecular weight is 356 g/mol. The summed E-state index contributed by atoms with van der Waals surface area (Å²) in [6.45, 7) is 0. The van der Waals surface area contributed by atoms with Crippen molar-refractivity contribution in [2.75, 3.05) is 0 Å². The first kappa shape index (κ1) is 42.8. The molecule has 0 bridgehead atoms. The van der Waals surface area contributed by atoms with Gasteiger partial charge in [-0.15, -0.1) is 0 Å². The minimum absolute atomic E-state index is 0. The Labute approximate surface area is 190 Å². The van der Waals surface area contributed by atoms with Crippen molar-refractivity contribution in [2.24, 2.45) is 0 Å². The van der Waals surface area contributed by atoms with Gasteiger partial charge in [0.1, 0.15) is 0 Å². The Morgan fingerprint density at radius 1 is 0.706 bits per heavy atom. The van der Waals surface area contributed by atoms with Crippen molar-refractivity contribution in [3.05, 3.63) is 0 Å². The van der Waals surface area contributed by atoms with Crippen LogP contribution in [0.15, 0.2) is 0 Å². The fourth-order valence-corrected chi connectivity index (χ4v) is 0. The van der Waals surface area contributed by atoms with E-state index in [-0.39, 0.29) is 131 Å². The number of carboxylic acids is 4. The Morgan fingerprint density at radius 2 is 0.824 bits per heavy atom. The molecule has 0 saturated heterocycles. The molecule has 0 aromatic carbocycles. The van der Waals surface area contributed by atoms with Gasteiger partial charge in [-0.1, -0.05) is 0 Å². The standard InChI is InChI=1S/2C2H2O4.Cu.2K.2H2O/c2*3-1(4)2(5)6;;;;;/h2*(H,3,4)(H,5,6);;;;2*1H2/q;;;2*+1;;/p-2. The number of carbonyl (C=O) groups excluding carboxylic acids is 2. The van der Waals surface area contributed by atoms with E-state index in [1.165, 1.54) is 0 Å². The minimum atomic E-state index is -2.19. The van der Waals surface area contributed by atoms with Gasteiger partial charge < -0.3 is 41.0 Å². The number of carboxylic acid groups (broad SMARTS) is 4. The molecule has 6 N–H and O–H groups in total. The Balaban J connectivity index is -0.0000000182. The Bertz CT molecular complexity index is 182. The minimum Gasteiger partial charge on any atom is -0.543 e. The molecule has 0 unspecified atom stereocenters. The summed E-state index contributed by atoms with van der Waals surface area (Å²) in [7, 11) is 0. The summed E-state index contributed by atoms with van der Waals surface area (Å²) < 4.78 is 0. The molecule has 0 rings (SSSR count). The van der Waals surface area contributed by atoms with Gasteiger partial charge in [-0.05, 0) is 0 Å². The summed E-state index contributed by atoms with van der Waals surface area (Å²) in [5, 5.41) is 32.6. The maximum atomic E-state index is 9.10. The van der Waals surface area contributed by atoms with Crippen molar-refractivity contribution in [2.45, 2.75) is 0 Å². The maximum Gasteiger partial charge on any atom is 1.00 e. The van der Waals surface area contributed by atoms with E-state index in [2.05, 4.69) is 0 Å². The molecule has 0 aliphatic heterocycles. The molecule has 0 heterocycles. The van der Waals surface area contributed by atoms with Crippen LogP contribution >= 0.6 is 0 Å². The molecule has 1 radical (unpaired) electrons. The summed E-state index contributed by atoms with van der Waals surface area (Å²) in [5.74, 6) is -8.02. The molecular weight excluding hydrogens is 350 g/mol. The molecule has 0 aromatic rings. The van der Waals surface area contributed by atoms with Crippen LogP contribution in [0.5, 0.6) is 0 Å². The first-order chi connectivity index (χ1) is 5.29. The van der Waals surface area contributed by atoms with Gasteiger partial charge in [-0.2, -0.15) is 0 Å². The molecule has 10 nitrogen and oxygen atoms in total. The van der Waals surface area contributed by atoms with Gasteiger partial charge >= 0.3 is 115 Å². The van der Waals surface area contributed by atoms with Crippen molar-refractivity contribution in [3.63, 3.8) is 0 Å². The van der Waals surface area contributed by atoms with E-state index in [1.807, 2.05) is 0 Å². The van der Waals surface area contributed by atoms with Crippen LogP contribution in [0.3, 0.4) is 0 Å². The third kappa shape index (κ3) is 46.5. The number of hydrogen-bond acceptors (Lipinski definition) is 6. The molecule has 95 valence electrons. The van der Waals surface area contributed by atoms with Crippen LogP contribution < -0.4 is 113 Å². The van der Waals surface area contributed by atoms with E-state index in [0.29, 0.717) is 0 Å². The smallest absolute Gasteiger partial charge is 0.543 e. The molecular formula is C4H6CuK2O10. The second-order valence-corrected chi connectivity index (χ2v) is 1.19. The number of hydrogen-bond donors (Lipinski definition) is 2. The Morgan fingerprint density at radius 3 is 0.824 bits per heavy atom. The van der Waals surface area contributed by atoms with Gasteiger partial charge in [0.2, 0.25) is 0 Å². The third-order valence-electron chi connectivity index (χ3n) is 0.350. The monoisotopic (exact) mass is 355 g/mol. The molecule has 0 atom stereocenters. The molecule has 0 saturated carbocycles. The zero-order valence-corrected chi connectivity index (χ0v) is 15.8. The van der Waals surface area contributed by atoms with E-state index >= 15 is 0 Å². The van der Waals surface area contributed by atoms with Crippen LogP contribution in [0.25, 0.3) is 0 Å². The normalized spacial score (nSPS) is 5.18. The molecule has 0 aliphatic rings. The maximum absolute atomic E-state index is 9.10. The van der Waals surface area contributed by atoms with Crippen LogP contribution in [-0.4, -0.2) is 45.0 Å². The first-order valence-electron chi connectivity index (χ1n) is 2.17. The summed E-state index contributed by atoms with van der Waals surface area (Å²) >= 11 is 0. The molecule has 0 aromatic heterocycles. The van der Waals surface area contributed by atoms with Gasteiger partial charge in [0.15, 0.2) is 0 Å². The molecule has 0 amide bonds. The fourth-order valence-electron chi connectivity index (χ4n) is 0. The topological polar surface area (TPSA) is 218 Å². The van der Waals surface area contributed by atoms with Crippen LogP contribution in [0.1, 0.15) is 0 Å². The van der Waals surface area contributed by atoms with Crippen molar-refractivity contribution in [1.29, 1.82) is 0 Å². The summed E-state index contributed by atoms with van der Waals surface area (Å²) in [6.07, 6.45) is 0. The quantitative estimate of drug-likeness (QED) is 0.313. The van der Waals surface area contributed by atoms with Crippen LogP contribution in [0.4, 0.5) is 0 Å². The van der Waals surface area contributed by atoms with Gasteiger partial charge in [-0.3, -0.25) is 0 Å². The average Bonchev–Trinajstić information content (AvgIpc) is 1.88. The third-order valence-corrected chi connectivity index (χ3v) is 0.350. The van der Waals surface area contributed by atoms with E-state index < -0.39 is 23.9 Å². The zero-order valence-electron chi connectivity index (χ0n) is 8.65. The molecule has 0 aliphatic carbocycles. The number of aliphatic carboxylic acids is 4. The second-order valence-electron chi connectivity index (χ2n) is 1.19. The van der Waals surface area contributed by atoms with Gasteiger partial charge in [-0.25, -0.2) is 9.59 Å². The van der Waals surface area contributed by atoms with Gasteiger partial charge in [0, 0.05) is 17.1 Å². The molecule has 0 fully saturated rings. The predicted molar refractivity (Wildman–Crippen MR) is 32.5 cm³/mol. The van der Waals surface area contributed by atoms with E-state index in [0.717, 1.165) is 0 Å². The van der Waals surface area contributed by atoms with Crippen molar-refractivity contribution in [3.8, 4) is 0 Å². The SMILES string of the molecule is O.O.O=C(O)C(=O)O.O=C([O-])C(=O)[O-].[Cu].[K+].[K+]. The number of carbonyl (C=O) groups is 4. The second kappa shape index (κ2) is 26.2. The van der Waals surface area contributed by atoms with Gasteiger partial charge in [0.25, 0.3) is 0 Å². The van der Waals surface area contributed by atoms with Crippen molar-refractivity contribution < 1.29 is 170 Å². The van der Waals surface area contributed by atoms with Crippen LogP contribution in [0, 0.1) is 0 Å². The van der Waals surface area contributed by atoms with Crippen molar-refractivity contribution in [1.82, 2.24) is 0 Å². The van der Waals surface area contributed by atoms with Crippen LogP contribution in [-0.2, 0) is 36.2 Å². The largest absolute Gasteiger partial charge is 1.00 e. The molecule has 17 heavy (non-hydrogen) atoms.